The van der Waals surface area contributed by atoms with E-state index < -0.39 is 0 Å². The first-order valence-corrected chi connectivity index (χ1v) is 6.27. The van der Waals surface area contributed by atoms with Gasteiger partial charge in [0.15, 0.2) is 5.84 Å². The average Bonchev–Trinajstić information content (AvgIpc) is 2.45. The number of nitrogens with two attached hydrogens (primary N) is 1. The molecule has 2 aromatic rings. The summed E-state index contributed by atoms with van der Waals surface area (Å²) in [6.07, 6.45) is 1.70. The highest BCUT2D eigenvalue weighted by molar-refractivity contribution is 5.95. The monoisotopic (exact) mass is 270 g/mol. The van der Waals surface area contributed by atoms with Crippen LogP contribution in [0.15, 0.2) is 41.7 Å². The Labute approximate surface area is 118 Å². The average molecular weight is 270 g/mol. The Morgan fingerprint density at radius 1 is 1.15 bits per heavy atom. The van der Waals surface area contributed by atoms with Gasteiger partial charge in [-0.25, -0.2) is 0 Å². The van der Waals surface area contributed by atoms with Gasteiger partial charge in [-0.15, -0.1) is 0 Å². The highest BCUT2D eigenvalue weighted by Crippen LogP contribution is 2.25. The molecule has 3 N–H and O–H groups in total. The fourth-order valence-corrected chi connectivity index (χ4v) is 2.08. The molecule has 0 amide bonds. The van der Waals surface area contributed by atoms with Crippen LogP contribution in [0.1, 0.15) is 16.8 Å². The zero-order chi connectivity index (χ0) is 14.7. The number of benzene rings is 1. The zero-order valence-corrected chi connectivity index (χ0v) is 11.8. The first-order chi connectivity index (χ1) is 9.51. The van der Waals surface area contributed by atoms with Crippen LogP contribution in [0.4, 0.5) is 11.4 Å². The van der Waals surface area contributed by atoms with E-state index in [-0.39, 0.29) is 5.84 Å². The van der Waals surface area contributed by atoms with Crippen molar-refractivity contribution in [3.8, 4) is 0 Å². The van der Waals surface area contributed by atoms with Crippen LogP contribution in [-0.2, 0) is 0 Å². The minimum atomic E-state index is 0.00519. The lowest BCUT2D eigenvalue weighted by Gasteiger charge is -2.20. The lowest BCUT2D eigenvalue weighted by atomic mass is 10.1. The van der Waals surface area contributed by atoms with Gasteiger partial charge in [-0.05, 0) is 49.2 Å². The number of hydrogen-bond donors (Lipinski definition) is 2. The van der Waals surface area contributed by atoms with Gasteiger partial charge in [0, 0.05) is 12.7 Å². The first kappa shape index (κ1) is 13.9. The third-order valence-electron chi connectivity index (χ3n) is 3.10. The number of aryl methyl sites for hydroxylation is 2. The molecule has 0 radical (unpaired) electrons. The molecule has 0 saturated carbocycles. The van der Waals surface area contributed by atoms with Gasteiger partial charge in [-0.2, -0.15) is 0 Å². The summed E-state index contributed by atoms with van der Waals surface area (Å²) >= 11 is 0. The second kappa shape index (κ2) is 5.61. The van der Waals surface area contributed by atoms with Gasteiger partial charge >= 0.3 is 0 Å². The molecule has 104 valence electrons. The molecular weight excluding hydrogens is 252 g/mol. The van der Waals surface area contributed by atoms with Gasteiger partial charge in [-0.3, -0.25) is 4.98 Å². The van der Waals surface area contributed by atoms with Crippen LogP contribution in [0.3, 0.4) is 0 Å². The van der Waals surface area contributed by atoms with E-state index in [0.717, 1.165) is 11.4 Å². The summed E-state index contributed by atoms with van der Waals surface area (Å²) in [4.78, 5) is 6.23. The van der Waals surface area contributed by atoms with Crippen LogP contribution < -0.4 is 10.6 Å². The van der Waals surface area contributed by atoms with E-state index in [1.54, 1.807) is 12.3 Å². The number of rotatable bonds is 3. The van der Waals surface area contributed by atoms with Gasteiger partial charge in [0.1, 0.15) is 5.69 Å². The Bertz CT molecular complexity index is 615. The predicted octanol–water partition coefficient (Wildman–Crippen LogP) is 2.56. The molecule has 1 aromatic carbocycles. The Hall–Kier alpha value is -2.56. The Morgan fingerprint density at radius 2 is 1.80 bits per heavy atom. The molecule has 0 atom stereocenters. The quantitative estimate of drug-likeness (QED) is 0.389. The third-order valence-corrected chi connectivity index (χ3v) is 3.10. The van der Waals surface area contributed by atoms with E-state index in [4.69, 9.17) is 10.9 Å². The number of anilines is 2. The fourth-order valence-electron chi connectivity index (χ4n) is 2.08. The minimum Gasteiger partial charge on any atom is -0.409 e. The number of aromatic nitrogens is 1. The van der Waals surface area contributed by atoms with Crippen LogP contribution in [0.5, 0.6) is 0 Å². The molecule has 5 heteroatoms. The van der Waals surface area contributed by atoms with Crippen LogP contribution in [-0.4, -0.2) is 23.1 Å². The molecule has 0 fully saturated rings. The molecule has 0 bridgehead atoms. The number of hydrogen-bond acceptors (Lipinski definition) is 4. The maximum absolute atomic E-state index is 8.62. The van der Waals surface area contributed by atoms with Crippen molar-refractivity contribution < 1.29 is 5.21 Å². The molecule has 5 nitrogen and oxygen atoms in total. The minimum absolute atomic E-state index is 0.00519. The maximum atomic E-state index is 8.62. The molecule has 20 heavy (non-hydrogen) atoms. The highest BCUT2D eigenvalue weighted by atomic mass is 16.4. The van der Waals surface area contributed by atoms with E-state index in [9.17, 15) is 0 Å². The molecule has 1 aromatic heterocycles. The Balaban J connectivity index is 2.31. The normalized spacial score (nSPS) is 11.4. The van der Waals surface area contributed by atoms with Crippen molar-refractivity contribution in [1.29, 1.82) is 0 Å². The lowest BCUT2D eigenvalue weighted by Crippen LogP contribution is -2.16. The topological polar surface area (TPSA) is 74.7 Å². The molecule has 0 aliphatic heterocycles. The van der Waals surface area contributed by atoms with Crippen LogP contribution in [0.25, 0.3) is 0 Å². The molecule has 2 rings (SSSR count). The third kappa shape index (κ3) is 2.88. The van der Waals surface area contributed by atoms with Crippen molar-refractivity contribution in [3.05, 3.63) is 53.3 Å². The van der Waals surface area contributed by atoms with Crippen molar-refractivity contribution in [2.24, 2.45) is 10.9 Å². The summed E-state index contributed by atoms with van der Waals surface area (Å²) < 4.78 is 0. The molecule has 0 aliphatic rings. The fraction of sp³-hybridized carbons (Fsp3) is 0.200. The van der Waals surface area contributed by atoms with Crippen molar-refractivity contribution in [2.45, 2.75) is 13.8 Å². The second-order valence-corrected chi connectivity index (χ2v) is 4.79. The van der Waals surface area contributed by atoms with Crippen LogP contribution in [0.2, 0.25) is 0 Å². The van der Waals surface area contributed by atoms with Gasteiger partial charge < -0.3 is 15.8 Å². The van der Waals surface area contributed by atoms with E-state index in [2.05, 4.69) is 42.2 Å². The van der Waals surface area contributed by atoms with E-state index in [1.807, 2.05) is 18.0 Å². The Morgan fingerprint density at radius 3 is 2.30 bits per heavy atom. The zero-order valence-electron chi connectivity index (χ0n) is 11.8. The van der Waals surface area contributed by atoms with Crippen LogP contribution >= 0.6 is 0 Å². The van der Waals surface area contributed by atoms with Crippen molar-refractivity contribution in [3.63, 3.8) is 0 Å². The molecule has 1 heterocycles. The van der Waals surface area contributed by atoms with Gasteiger partial charge in [0.2, 0.25) is 0 Å². The first-order valence-electron chi connectivity index (χ1n) is 6.27. The summed E-state index contributed by atoms with van der Waals surface area (Å²) in [6.45, 7) is 4.15. The molecule has 0 saturated heterocycles. The smallest absolute Gasteiger partial charge is 0.188 e. The van der Waals surface area contributed by atoms with E-state index >= 15 is 0 Å². The van der Waals surface area contributed by atoms with Crippen LogP contribution in [0, 0.1) is 13.8 Å². The molecule has 0 unspecified atom stereocenters. The van der Waals surface area contributed by atoms with Crippen molar-refractivity contribution in [1.82, 2.24) is 4.98 Å². The molecule has 0 aliphatic carbocycles. The summed E-state index contributed by atoms with van der Waals surface area (Å²) in [5, 5.41) is 11.6. The standard InChI is InChI=1S/C15H18N4O/c1-10-6-11(2)8-13(7-10)19(3)12-4-5-14(17-9-12)15(16)18-20/h4-9,20H,1-3H3,(H2,16,18). The largest absolute Gasteiger partial charge is 0.409 e. The Kier molecular flexibility index (Phi) is 3.89. The van der Waals surface area contributed by atoms with Gasteiger partial charge in [-0.1, -0.05) is 11.2 Å². The summed E-state index contributed by atoms with van der Waals surface area (Å²) in [7, 11) is 1.98. The van der Waals surface area contributed by atoms with E-state index in [1.165, 1.54) is 11.1 Å². The summed E-state index contributed by atoms with van der Waals surface area (Å²) in [6, 6.07) is 9.98. The van der Waals surface area contributed by atoms with E-state index in [0.29, 0.717) is 5.69 Å². The SMILES string of the molecule is Cc1cc(C)cc(N(C)c2ccc(/C(N)=N/O)nc2)c1. The lowest BCUT2D eigenvalue weighted by molar-refractivity contribution is 0.318. The van der Waals surface area contributed by atoms with Crippen molar-refractivity contribution >= 4 is 17.2 Å². The second-order valence-electron chi connectivity index (χ2n) is 4.79. The number of oxime groups is 1. The number of pyridine rings is 1. The maximum Gasteiger partial charge on any atom is 0.188 e. The predicted molar refractivity (Wildman–Crippen MR) is 80.7 cm³/mol. The number of amidine groups is 1. The molecular formula is C15H18N4O. The molecule has 0 spiro atoms. The summed E-state index contributed by atoms with van der Waals surface area (Å²) in [5.74, 6) is 0.00519. The summed E-state index contributed by atoms with van der Waals surface area (Å²) in [5.41, 5.74) is 10.4. The van der Waals surface area contributed by atoms with Gasteiger partial charge in [0.25, 0.3) is 0 Å². The van der Waals surface area contributed by atoms with Gasteiger partial charge in [0.05, 0.1) is 11.9 Å². The highest BCUT2D eigenvalue weighted by Gasteiger charge is 2.07. The number of nitrogens with zero attached hydrogens (tertiary/aromatic N) is 3. The van der Waals surface area contributed by atoms with Crippen molar-refractivity contribution in [2.75, 3.05) is 11.9 Å².